The van der Waals surface area contributed by atoms with Crippen LogP contribution in [0.4, 0.5) is 0 Å². The molecule has 0 radical (unpaired) electrons. The van der Waals surface area contributed by atoms with Gasteiger partial charge in [0.2, 0.25) is 0 Å². The van der Waals surface area contributed by atoms with E-state index < -0.39 is 0 Å². The van der Waals surface area contributed by atoms with Crippen molar-refractivity contribution in [1.82, 2.24) is 5.32 Å². The van der Waals surface area contributed by atoms with E-state index in [1.54, 1.807) is 6.20 Å². The van der Waals surface area contributed by atoms with E-state index in [0.29, 0.717) is 0 Å². The maximum Gasteiger partial charge on any atom is -0.00359 e. The van der Waals surface area contributed by atoms with Gasteiger partial charge < -0.3 is 5.32 Å². The van der Waals surface area contributed by atoms with Crippen molar-refractivity contribution < 1.29 is 0 Å². The van der Waals surface area contributed by atoms with Crippen LogP contribution in [0.3, 0.4) is 0 Å². The van der Waals surface area contributed by atoms with Gasteiger partial charge >= 0.3 is 0 Å². The standard InChI is InChI=1S/C7H13N/c1-3-5-6-7-8-4-2/h4,6-8H,2-3,5H2,1H3/b7-6+. The molecule has 0 saturated carbocycles. The molecule has 0 spiro atoms. The van der Waals surface area contributed by atoms with Crippen molar-refractivity contribution in [2.24, 2.45) is 0 Å². The summed E-state index contributed by atoms with van der Waals surface area (Å²) in [6, 6.07) is 0. The van der Waals surface area contributed by atoms with Crippen LogP contribution in [0, 0.1) is 0 Å². The zero-order valence-corrected chi connectivity index (χ0v) is 5.35. The van der Waals surface area contributed by atoms with Crippen LogP contribution in [0.1, 0.15) is 19.8 Å². The van der Waals surface area contributed by atoms with E-state index in [-0.39, 0.29) is 0 Å². The van der Waals surface area contributed by atoms with Crippen LogP contribution in [0.15, 0.2) is 25.1 Å². The number of nitrogens with one attached hydrogen (secondary N) is 1. The van der Waals surface area contributed by atoms with E-state index in [0.717, 1.165) is 6.42 Å². The molecule has 1 N–H and O–H groups in total. The van der Waals surface area contributed by atoms with Gasteiger partial charge in [-0.25, -0.2) is 0 Å². The zero-order chi connectivity index (χ0) is 6.24. The quantitative estimate of drug-likeness (QED) is 0.585. The largest absolute Gasteiger partial charge is 0.369 e. The molecule has 0 amide bonds. The second kappa shape index (κ2) is 6.28. The molecule has 0 heterocycles. The van der Waals surface area contributed by atoms with E-state index in [4.69, 9.17) is 0 Å². The maximum atomic E-state index is 3.50. The van der Waals surface area contributed by atoms with Crippen molar-refractivity contribution in [2.75, 3.05) is 0 Å². The van der Waals surface area contributed by atoms with Crippen molar-refractivity contribution >= 4 is 0 Å². The smallest absolute Gasteiger partial charge is 0.00359 e. The highest BCUT2D eigenvalue weighted by atomic mass is 14.8. The van der Waals surface area contributed by atoms with Crippen LogP contribution in [-0.4, -0.2) is 0 Å². The first-order chi connectivity index (χ1) is 3.91. The Balaban J connectivity index is 2.94. The van der Waals surface area contributed by atoms with Crippen LogP contribution < -0.4 is 5.32 Å². The van der Waals surface area contributed by atoms with Gasteiger partial charge in [0, 0.05) is 0 Å². The predicted molar refractivity (Wildman–Crippen MR) is 37.4 cm³/mol. The summed E-state index contributed by atoms with van der Waals surface area (Å²) in [6.07, 6.45) is 7.99. The minimum absolute atomic E-state index is 1.14. The number of allylic oxidation sites excluding steroid dienone is 1. The highest BCUT2D eigenvalue weighted by Gasteiger charge is 1.68. The van der Waals surface area contributed by atoms with Crippen LogP contribution in [-0.2, 0) is 0 Å². The first kappa shape index (κ1) is 7.28. The molecule has 46 valence electrons. The highest BCUT2D eigenvalue weighted by molar-refractivity contribution is 4.82. The summed E-state index contributed by atoms with van der Waals surface area (Å²) in [5.74, 6) is 0. The molecule has 0 unspecified atom stereocenters. The normalized spacial score (nSPS) is 9.62. The number of hydrogen-bond acceptors (Lipinski definition) is 1. The zero-order valence-electron chi connectivity index (χ0n) is 5.35. The molecule has 0 aromatic carbocycles. The van der Waals surface area contributed by atoms with Gasteiger partial charge in [0.05, 0.1) is 0 Å². The van der Waals surface area contributed by atoms with Gasteiger partial charge in [-0.05, 0) is 18.8 Å². The molecule has 0 aromatic heterocycles. The van der Waals surface area contributed by atoms with Gasteiger partial charge in [0.25, 0.3) is 0 Å². The van der Waals surface area contributed by atoms with Crippen molar-refractivity contribution in [3.63, 3.8) is 0 Å². The SMILES string of the molecule is C=CN/C=C/CCC. The Bertz CT molecular complexity index is 74.5. The highest BCUT2D eigenvalue weighted by Crippen LogP contribution is 1.85. The molecular weight excluding hydrogens is 98.1 g/mol. The van der Waals surface area contributed by atoms with Crippen molar-refractivity contribution in [3.05, 3.63) is 25.1 Å². The molecule has 0 aliphatic heterocycles. The minimum Gasteiger partial charge on any atom is -0.369 e. The van der Waals surface area contributed by atoms with Crippen LogP contribution in [0.25, 0.3) is 0 Å². The summed E-state index contributed by atoms with van der Waals surface area (Å²) < 4.78 is 0. The maximum absolute atomic E-state index is 3.50. The van der Waals surface area contributed by atoms with Gasteiger partial charge in [-0.15, -0.1) is 0 Å². The first-order valence-electron chi connectivity index (χ1n) is 2.93. The predicted octanol–water partition coefficient (Wildman–Crippen LogP) is 2.03. The molecule has 0 fully saturated rings. The van der Waals surface area contributed by atoms with Gasteiger partial charge in [0.15, 0.2) is 0 Å². The Labute approximate surface area is 51.1 Å². The molecule has 0 aromatic rings. The van der Waals surface area contributed by atoms with Gasteiger partial charge in [-0.3, -0.25) is 0 Å². The van der Waals surface area contributed by atoms with E-state index in [1.807, 2.05) is 6.20 Å². The molecule has 0 saturated heterocycles. The summed E-state index contributed by atoms with van der Waals surface area (Å²) >= 11 is 0. The third-order valence-electron chi connectivity index (χ3n) is 0.787. The van der Waals surface area contributed by atoms with Gasteiger partial charge in [0.1, 0.15) is 0 Å². The minimum atomic E-state index is 1.14. The number of rotatable bonds is 4. The Morgan fingerprint density at radius 2 is 2.38 bits per heavy atom. The van der Waals surface area contributed by atoms with E-state index in [1.165, 1.54) is 6.42 Å². The monoisotopic (exact) mass is 111 g/mol. The van der Waals surface area contributed by atoms with Crippen LogP contribution in [0.5, 0.6) is 0 Å². The number of hydrogen-bond donors (Lipinski definition) is 1. The van der Waals surface area contributed by atoms with Crippen LogP contribution >= 0.6 is 0 Å². The summed E-state index contributed by atoms with van der Waals surface area (Å²) in [5.41, 5.74) is 0. The topological polar surface area (TPSA) is 12.0 Å². The molecule has 1 nitrogen and oxygen atoms in total. The van der Waals surface area contributed by atoms with Gasteiger partial charge in [-0.1, -0.05) is 26.0 Å². The summed E-state index contributed by atoms with van der Waals surface area (Å²) in [4.78, 5) is 0. The molecule has 0 atom stereocenters. The Hall–Kier alpha value is -0.720. The average Bonchev–Trinajstić information content (AvgIpc) is 1.81. The van der Waals surface area contributed by atoms with E-state index in [9.17, 15) is 0 Å². The summed E-state index contributed by atoms with van der Waals surface area (Å²) in [6.45, 7) is 5.65. The van der Waals surface area contributed by atoms with Gasteiger partial charge in [-0.2, -0.15) is 0 Å². The van der Waals surface area contributed by atoms with Crippen molar-refractivity contribution in [3.8, 4) is 0 Å². The summed E-state index contributed by atoms with van der Waals surface area (Å²) in [7, 11) is 0. The number of unbranched alkanes of at least 4 members (excludes halogenated alkanes) is 1. The Morgan fingerprint density at radius 1 is 1.62 bits per heavy atom. The van der Waals surface area contributed by atoms with Crippen molar-refractivity contribution in [1.29, 1.82) is 0 Å². The molecule has 8 heavy (non-hydrogen) atoms. The molecule has 0 rings (SSSR count). The lowest BCUT2D eigenvalue weighted by molar-refractivity contribution is 0.949. The lowest BCUT2D eigenvalue weighted by atomic mass is 10.3. The molecular formula is C7H13N. The Kier molecular flexibility index (Phi) is 5.71. The van der Waals surface area contributed by atoms with E-state index in [2.05, 4.69) is 24.9 Å². The fourth-order valence-corrected chi connectivity index (χ4v) is 0.386. The average molecular weight is 111 g/mol. The lowest BCUT2D eigenvalue weighted by Gasteiger charge is -1.84. The third-order valence-corrected chi connectivity index (χ3v) is 0.787. The molecule has 0 aliphatic rings. The first-order valence-corrected chi connectivity index (χ1v) is 2.93. The molecule has 0 aliphatic carbocycles. The fourth-order valence-electron chi connectivity index (χ4n) is 0.386. The molecule has 0 bridgehead atoms. The molecule has 1 heteroatoms. The Morgan fingerprint density at radius 3 is 2.88 bits per heavy atom. The van der Waals surface area contributed by atoms with Crippen LogP contribution in [0.2, 0.25) is 0 Å². The summed E-state index contributed by atoms with van der Waals surface area (Å²) in [5, 5.41) is 2.87. The fraction of sp³-hybridized carbons (Fsp3) is 0.429. The van der Waals surface area contributed by atoms with Crippen molar-refractivity contribution in [2.45, 2.75) is 19.8 Å². The lowest BCUT2D eigenvalue weighted by Crippen LogP contribution is -1.88. The third kappa shape index (κ3) is 5.28. The van der Waals surface area contributed by atoms with E-state index >= 15 is 0 Å². The second-order valence-electron chi connectivity index (χ2n) is 1.56. The second-order valence-corrected chi connectivity index (χ2v) is 1.56.